The summed E-state index contributed by atoms with van der Waals surface area (Å²) in [6.07, 6.45) is 1.74. The Morgan fingerprint density at radius 3 is 2.87 bits per heavy atom. The van der Waals surface area contributed by atoms with Crippen LogP contribution in [0.15, 0.2) is 34.9 Å². The maximum atomic E-state index is 10.8. The highest BCUT2D eigenvalue weighted by Crippen LogP contribution is 2.20. The molecular weight excluding hydrogens is 256 g/mol. The molecule has 0 aliphatic rings. The largest absolute Gasteiger partial charge is 0.311 e. The van der Waals surface area contributed by atoms with Gasteiger partial charge in [-0.3, -0.25) is 4.79 Å². The van der Waals surface area contributed by atoms with Crippen molar-refractivity contribution in [3.63, 3.8) is 0 Å². The van der Waals surface area contributed by atoms with Crippen LogP contribution in [0.2, 0.25) is 0 Å². The quantitative estimate of drug-likeness (QED) is 0.861. The molecule has 3 nitrogen and oxygen atoms in total. The van der Waals surface area contributed by atoms with Gasteiger partial charge in [0, 0.05) is 23.0 Å². The minimum atomic E-state index is -0.112. The molecular formula is C11H9BrN2O. The van der Waals surface area contributed by atoms with Gasteiger partial charge in [-0.1, -0.05) is 22.0 Å². The highest BCUT2D eigenvalue weighted by molar-refractivity contribution is 9.10. The SMILES string of the molecule is CC(=O)Nc1cc2ccc(Br)cc2cn1. The number of hydrogen-bond donors (Lipinski definition) is 1. The number of pyridine rings is 1. The second-order valence-corrected chi connectivity index (χ2v) is 4.16. The molecule has 1 aromatic heterocycles. The molecule has 0 aliphatic heterocycles. The van der Waals surface area contributed by atoms with Crippen molar-refractivity contribution in [1.29, 1.82) is 0 Å². The lowest BCUT2D eigenvalue weighted by molar-refractivity contribution is -0.114. The summed E-state index contributed by atoms with van der Waals surface area (Å²) in [5.41, 5.74) is 0. The van der Waals surface area contributed by atoms with Crippen molar-refractivity contribution in [3.05, 3.63) is 34.9 Å². The Morgan fingerprint density at radius 2 is 2.13 bits per heavy atom. The van der Waals surface area contributed by atoms with E-state index in [0.29, 0.717) is 5.82 Å². The number of aromatic nitrogens is 1. The van der Waals surface area contributed by atoms with Crippen LogP contribution in [0.25, 0.3) is 10.8 Å². The van der Waals surface area contributed by atoms with Gasteiger partial charge in [0.25, 0.3) is 0 Å². The molecule has 4 heteroatoms. The first-order chi connectivity index (χ1) is 7.15. The fraction of sp³-hybridized carbons (Fsp3) is 0.0909. The highest BCUT2D eigenvalue weighted by Gasteiger charge is 1.99. The fourth-order valence-electron chi connectivity index (χ4n) is 1.36. The Morgan fingerprint density at radius 1 is 1.33 bits per heavy atom. The van der Waals surface area contributed by atoms with Gasteiger partial charge in [-0.2, -0.15) is 0 Å². The molecule has 2 rings (SSSR count). The molecule has 1 N–H and O–H groups in total. The Balaban J connectivity index is 2.47. The highest BCUT2D eigenvalue weighted by atomic mass is 79.9. The number of halogens is 1. The number of carbonyl (C=O) groups excluding carboxylic acids is 1. The van der Waals surface area contributed by atoms with Crippen LogP contribution in [0.1, 0.15) is 6.92 Å². The van der Waals surface area contributed by atoms with Crippen molar-refractivity contribution in [2.45, 2.75) is 6.92 Å². The van der Waals surface area contributed by atoms with Crippen molar-refractivity contribution in [1.82, 2.24) is 4.98 Å². The van der Waals surface area contributed by atoms with E-state index >= 15 is 0 Å². The molecule has 15 heavy (non-hydrogen) atoms. The third-order valence-corrected chi connectivity index (χ3v) is 2.48. The van der Waals surface area contributed by atoms with Crippen LogP contribution < -0.4 is 5.32 Å². The van der Waals surface area contributed by atoms with Crippen molar-refractivity contribution in [3.8, 4) is 0 Å². The first-order valence-electron chi connectivity index (χ1n) is 4.48. The van der Waals surface area contributed by atoms with E-state index < -0.39 is 0 Å². The lowest BCUT2D eigenvalue weighted by Crippen LogP contribution is -2.06. The third-order valence-electron chi connectivity index (χ3n) is 1.99. The van der Waals surface area contributed by atoms with Crippen LogP contribution in [0, 0.1) is 0 Å². The maximum absolute atomic E-state index is 10.8. The van der Waals surface area contributed by atoms with Gasteiger partial charge in [-0.15, -0.1) is 0 Å². The molecule has 0 spiro atoms. The lowest BCUT2D eigenvalue weighted by atomic mass is 10.2. The molecule has 0 unspecified atom stereocenters. The van der Waals surface area contributed by atoms with E-state index in [1.165, 1.54) is 6.92 Å². The van der Waals surface area contributed by atoms with Crippen molar-refractivity contribution in [2.24, 2.45) is 0 Å². The molecule has 2 aromatic rings. The van der Waals surface area contributed by atoms with Gasteiger partial charge >= 0.3 is 0 Å². The average Bonchev–Trinajstić information content (AvgIpc) is 2.17. The molecule has 76 valence electrons. The Labute approximate surface area is 95.6 Å². The first-order valence-corrected chi connectivity index (χ1v) is 5.27. The number of amides is 1. The number of benzene rings is 1. The second-order valence-electron chi connectivity index (χ2n) is 3.24. The van der Waals surface area contributed by atoms with Crippen LogP contribution in [0.4, 0.5) is 5.82 Å². The molecule has 0 atom stereocenters. The summed E-state index contributed by atoms with van der Waals surface area (Å²) in [6, 6.07) is 7.77. The average molecular weight is 265 g/mol. The summed E-state index contributed by atoms with van der Waals surface area (Å²) in [5.74, 6) is 0.469. The molecule has 1 amide bonds. The maximum Gasteiger partial charge on any atom is 0.222 e. The van der Waals surface area contributed by atoms with E-state index in [1.54, 1.807) is 6.20 Å². The van der Waals surface area contributed by atoms with Crippen LogP contribution in [0.3, 0.4) is 0 Å². The zero-order valence-corrected chi connectivity index (χ0v) is 9.71. The molecule has 0 aliphatic carbocycles. The van der Waals surface area contributed by atoms with Crippen molar-refractivity contribution < 1.29 is 4.79 Å². The van der Waals surface area contributed by atoms with Gasteiger partial charge in [-0.25, -0.2) is 4.98 Å². The Bertz CT molecular complexity index is 525. The smallest absolute Gasteiger partial charge is 0.222 e. The number of nitrogens with one attached hydrogen (secondary N) is 1. The van der Waals surface area contributed by atoms with Gasteiger partial charge in [0.15, 0.2) is 0 Å². The van der Waals surface area contributed by atoms with E-state index in [4.69, 9.17) is 0 Å². The summed E-state index contributed by atoms with van der Waals surface area (Å²) < 4.78 is 1.02. The predicted molar refractivity (Wildman–Crippen MR) is 63.7 cm³/mol. The van der Waals surface area contributed by atoms with Gasteiger partial charge in [0.05, 0.1) is 0 Å². The van der Waals surface area contributed by atoms with Crippen LogP contribution in [-0.2, 0) is 4.79 Å². The normalized spacial score (nSPS) is 10.3. The molecule has 0 bridgehead atoms. The van der Waals surface area contributed by atoms with Crippen LogP contribution in [-0.4, -0.2) is 10.9 Å². The number of anilines is 1. The van der Waals surface area contributed by atoms with Gasteiger partial charge in [0.1, 0.15) is 5.82 Å². The zero-order valence-electron chi connectivity index (χ0n) is 8.12. The number of hydrogen-bond acceptors (Lipinski definition) is 2. The van der Waals surface area contributed by atoms with E-state index in [9.17, 15) is 4.79 Å². The summed E-state index contributed by atoms with van der Waals surface area (Å²) in [5, 5.41) is 4.74. The molecule has 0 radical (unpaired) electrons. The van der Waals surface area contributed by atoms with E-state index in [-0.39, 0.29) is 5.91 Å². The Hall–Kier alpha value is -1.42. The summed E-state index contributed by atoms with van der Waals surface area (Å²) in [7, 11) is 0. The van der Waals surface area contributed by atoms with E-state index in [1.807, 2.05) is 24.3 Å². The second kappa shape index (κ2) is 3.98. The summed E-state index contributed by atoms with van der Waals surface area (Å²) in [4.78, 5) is 15.0. The topological polar surface area (TPSA) is 42.0 Å². The summed E-state index contributed by atoms with van der Waals surface area (Å²) in [6.45, 7) is 1.47. The monoisotopic (exact) mass is 264 g/mol. The van der Waals surface area contributed by atoms with Crippen LogP contribution in [0.5, 0.6) is 0 Å². The first kappa shape index (κ1) is 10.1. The number of rotatable bonds is 1. The lowest BCUT2D eigenvalue weighted by Gasteiger charge is -2.03. The third kappa shape index (κ3) is 2.33. The van der Waals surface area contributed by atoms with Gasteiger partial charge in [0.2, 0.25) is 5.91 Å². The number of nitrogens with zero attached hydrogens (tertiary/aromatic N) is 1. The summed E-state index contributed by atoms with van der Waals surface area (Å²) >= 11 is 3.39. The molecule has 1 aromatic carbocycles. The Kier molecular flexibility index (Phi) is 2.68. The molecule has 1 heterocycles. The van der Waals surface area contributed by atoms with Crippen LogP contribution >= 0.6 is 15.9 Å². The predicted octanol–water partition coefficient (Wildman–Crippen LogP) is 2.96. The minimum absolute atomic E-state index is 0.112. The number of carbonyl (C=O) groups is 1. The molecule has 0 saturated carbocycles. The number of fused-ring (bicyclic) bond motifs is 1. The van der Waals surface area contributed by atoms with Crippen molar-refractivity contribution in [2.75, 3.05) is 5.32 Å². The standard InChI is InChI=1S/C11H9BrN2O/c1-7(15)14-11-5-8-2-3-10(12)4-9(8)6-13-11/h2-6H,1H3,(H,13,14,15). The molecule has 0 fully saturated rings. The molecule has 0 saturated heterocycles. The van der Waals surface area contributed by atoms with Gasteiger partial charge < -0.3 is 5.32 Å². The van der Waals surface area contributed by atoms with Crippen molar-refractivity contribution >= 4 is 38.4 Å². The van der Waals surface area contributed by atoms with E-state index in [0.717, 1.165) is 15.2 Å². The van der Waals surface area contributed by atoms with Gasteiger partial charge in [-0.05, 0) is 23.6 Å². The fourth-order valence-corrected chi connectivity index (χ4v) is 1.74. The zero-order chi connectivity index (χ0) is 10.8. The minimum Gasteiger partial charge on any atom is -0.311 e. The van der Waals surface area contributed by atoms with E-state index in [2.05, 4.69) is 26.2 Å².